The van der Waals surface area contributed by atoms with Gasteiger partial charge in [-0.25, -0.2) is 0 Å². The summed E-state index contributed by atoms with van der Waals surface area (Å²) in [4.78, 5) is 4.22. The Hall–Kier alpha value is -0.850. The molecule has 0 aromatic carbocycles. The van der Waals surface area contributed by atoms with Crippen LogP contribution in [0.3, 0.4) is 0 Å². The van der Waals surface area contributed by atoms with Crippen LogP contribution in [0.4, 0.5) is 0 Å². The molecule has 1 aliphatic heterocycles. The second kappa shape index (κ2) is 2.82. The van der Waals surface area contributed by atoms with Crippen LogP contribution >= 0.6 is 0 Å². The molecule has 0 N–H and O–H groups in total. The van der Waals surface area contributed by atoms with Gasteiger partial charge in [0.25, 0.3) is 0 Å². The summed E-state index contributed by atoms with van der Waals surface area (Å²) in [5, 5.41) is 0. The first kappa shape index (κ1) is 7.26. The van der Waals surface area contributed by atoms with Crippen LogP contribution < -0.4 is 0 Å². The van der Waals surface area contributed by atoms with Gasteiger partial charge in [-0.05, 0) is 24.8 Å². The summed E-state index contributed by atoms with van der Waals surface area (Å²) in [6.45, 7) is 8.04. The lowest BCUT2D eigenvalue weighted by Crippen LogP contribution is -2.07. The summed E-state index contributed by atoms with van der Waals surface area (Å²) in [6.07, 6.45) is 5.04. The second-order valence-corrected chi connectivity index (χ2v) is 2.88. The average molecular weight is 135 g/mol. The Balaban J connectivity index is 2.71. The Morgan fingerprint density at radius 3 is 2.90 bits per heavy atom. The van der Waals surface area contributed by atoms with Crippen LogP contribution in [0.5, 0.6) is 0 Å². The van der Waals surface area contributed by atoms with Gasteiger partial charge >= 0.3 is 0 Å². The summed E-state index contributed by atoms with van der Waals surface area (Å²) < 4.78 is 0. The number of rotatable bonds is 1. The molecule has 0 aliphatic carbocycles. The van der Waals surface area contributed by atoms with Gasteiger partial charge in [0.15, 0.2) is 0 Å². The topological polar surface area (TPSA) is 12.4 Å². The van der Waals surface area contributed by atoms with E-state index in [1.165, 1.54) is 0 Å². The van der Waals surface area contributed by atoms with Crippen LogP contribution in [0.2, 0.25) is 0 Å². The van der Waals surface area contributed by atoms with Crippen LogP contribution in [0.15, 0.2) is 29.4 Å². The average Bonchev–Trinajstić information content (AvgIpc) is 1.88. The largest absolute Gasteiger partial charge is 0.261 e. The summed E-state index contributed by atoms with van der Waals surface area (Å²) in [7, 11) is 0. The van der Waals surface area contributed by atoms with Crippen molar-refractivity contribution in [3.63, 3.8) is 0 Å². The molecule has 0 aromatic rings. The Labute approximate surface area is 62.2 Å². The zero-order chi connectivity index (χ0) is 7.56. The molecule has 1 rings (SSSR count). The van der Waals surface area contributed by atoms with E-state index in [2.05, 4.69) is 24.6 Å². The first-order valence-electron chi connectivity index (χ1n) is 3.59. The van der Waals surface area contributed by atoms with E-state index in [1.54, 1.807) is 0 Å². The minimum absolute atomic E-state index is 0.629. The van der Waals surface area contributed by atoms with Gasteiger partial charge in [-0.15, -0.1) is 0 Å². The van der Waals surface area contributed by atoms with Crippen molar-refractivity contribution >= 4 is 5.71 Å². The first-order valence-corrected chi connectivity index (χ1v) is 3.59. The van der Waals surface area contributed by atoms with E-state index in [4.69, 9.17) is 0 Å². The van der Waals surface area contributed by atoms with Crippen molar-refractivity contribution in [3.05, 3.63) is 24.4 Å². The molecule has 0 saturated heterocycles. The standard InChI is InChI=1S/C9H13N/c1-7(2)9-6-8(3)4-5-10-9/h4-5,8H,1,6H2,2-3H3. The molecule has 1 heterocycles. The lowest BCUT2D eigenvalue weighted by atomic mass is 9.99. The third kappa shape index (κ3) is 1.56. The predicted molar refractivity (Wildman–Crippen MR) is 45.2 cm³/mol. The van der Waals surface area contributed by atoms with Crippen molar-refractivity contribution in [2.24, 2.45) is 10.9 Å². The molecule has 0 radical (unpaired) electrons. The van der Waals surface area contributed by atoms with Crippen molar-refractivity contribution in [2.45, 2.75) is 20.3 Å². The van der Waals surface area contributed by atoms with Crippen molar-refractivity contribution in [2.75, 3.05) is 0 Å². The fourth-order valence-corrected chi connectivity index (χ4v) is 0.990. The third-order valence-corrected chi connectivity index (χ3v) is 1.65. The molecule has 0 spiro atoms. The Morgan fingerprint density at radius 1 is 1.80 bits per heavy atom. The van der Waals surface area contributed by atoms with E-state index in [0.717, 1.165) is 17.7 Å². The van der Waals surface area contributed by atoms with Crippen molar-refractivity contribution < 1.29 is 0 Å². The van der Waals surface area contributed by atoms with Crippen molar-refractivity contribution in [1.29, 1.82) is 0 Å². The SMILES string of the molecule is C=C(C)C1=NC=CC(C)C1. The minimum Gasteiger partial charge on any atom is -0.261 e. The fraction of sp³-hybridized carbons (Fsp3) is 0.444. The highest BCUT2D eigenvalue weighted by Crippen LogP contribution is 2.14. The van der Waals surface area contributed by atoms with Crippen LogP contribution in [-0.2, 0) is 0 Å². The first-order chi connectivity index (χ1) is 4.70. The van der Waals surface area contributed by atoms with E-state index in [1.807, 2.05) is 13.1 Å². The molecule has 0 fully saturated rings. The number of hydrogen-bond acceptors (Lipinski definition) is 1. The molecule has 1 nitrogen and oxygen atoms in total. The summed E-state index contributed by atoms with van der Waals surface area (Å²) >= 11 is 0. The molecule has 1 aliphatic rings. The van der Waals surface area contributed by atoms with Gasteiger partial charge in [-0.2, -0.15) is 0 Å². The number of aliphatic imine (C=N–C) groups is 1. The van der Waals surface area contributed by atoms with Crippen LogP contribution in [0.1, 0.15) is 20.3 Å². The van der Waals surface area contributed by atoms with E-state index in [-0.39, 0.29) is 0 Å². The fourth-order valence-electron chi connectivity index (χ4n) is 0.990. The van der Waals surface area contributed by atoms with E-state index in [0.29, 0.717) is 5.92 Å². The Bertz CT molecular complexity index is 199. The summed E-state index contributed by atoms with van der Waals surface area (Å²) in [6, 6.07) is 0. The van der Waals surface area contributed by atoms with E-state index in [9.17, 15) is 0 Å². The maximum absolute atomic E-state index is 4.22. The summed E-state index contributed by atoms with van der Waals surface area (Å²) in [5.41, 5.74) is 2.24. The molecule has 1 heteroatoms. The smallest absolute Gasteiger partial charge is 0.0432 e. The van der Waals surface area contributed by atoms with Gasteiger partial charge in [-0.3, -0.25) is 4.99 Å². The molecular weight excluding hydrogens is 122 g/mol. The van der Waals surface area contributed by atoms with Gasteiger partial charge in [-0.1, -0.05) is 19.6 Å². The quantitative estimate of drug-likeness (QED) is 0.524. The van der Waals surface area contributed by atoms with E-state index < -0.39 is 0 Å². The van der Waals surface area contributed by atoms with Gasteiger partial charge in [0.2, 0.25) is 0 Å². The highest BCUT2D eigenvalue weighted by Gasteiger charge is 2.07. The predicted octanol–water partition coefficient (Wildman–Crippen LogP) is 2.56. The number of hydrogen-bond donors (Lipinski definition) is 0. The molecule has 0 saturated carbocycles. The maximum atomic E-state index is 4.22. The monoisotopic (exact) mass is 135 g/mol. The van der Waals surface area contributed by atoms with Gasteiger partial charge in [0, 0.05) is 11.9 Å². The molecular formula is C9H13N. The lowest BCUT2D eigenvalue weighted by molar-refractivity contribution is 0.755. The normalized spacial score (nSPS) is 24.2. The summed E-state index contributed by atoms with van der Waals surface area (Å²) in [5.74, 6) is 0.629. The molecule has 10 heavy (non-hydrogen) atoms. The van der Waals surface area contributed by atoms with Gasteiger partial charge < -0.3 is 0 Å². The van der Waals surface area contributed by atoms with Gasteiger partial charge in [0.05, 0.1) is 0 Å². The minimum atomic E-state index is 0.629. The van der Waals surface area contributed by atoms with Gasteiger partial charge in [0.1, 0.15) is 0 Å². The van der Waals surface area contributed by atoms with Crippen LogP contribution in [0, 0.1) is 5.92 Å². The van der Waals surface area contributed by atoms with Crippen molar-refractivity contribution in [3.8, 4) is 0 Å². The highest BCUT2D eigenvalue weighted by atomic mass is 14.7. The molecule has 0 amide bonds. The lowest BCUT2D eigenvalue weighted by Gasteiger charge is -2.12. The second-order valence-electron chi connectivity index (χ2n) is 2.88. The molecule has 0 bridgehead atoms. The third-order valence-electron chi connectivity index (χ3n) is 1.65. The van der Waals surface area contributed by atoms with Crippen LogP contribution in [-0.4, -0.2) is 5.71 Å². The molecule has 1 unspecified atom stereocenters. The molecule has 1 atom stereocenters. The highest BCUT2D eigenvalue weighted by molar-refractivity contribution is 6.00. The zero-order valence-corrected chi connectivity index (χ0v) is 6.59. The Kier molecular flexibility index (Phi) is 2.05. The van der Waals surface area contributed by atoms with Crippen LogP contribution in [0.25, 0.3) is 0 Å². The Morgan fingerprint density at radius 2 is 2.50 bits per heavy atom. The molecule has 0 aromatic heterocycles. The number of nitrogens with zero attached hydrogens (tertiary/aromatic N) is 1. The number of allylic oxidation sites excluding steroid dienone is 2. The molecule has 54 valence electrons. The van der Waals surface area contributed by atoms with Crippen molar-refractivity contribution in [1.82, 2.24) is 0 Å². The van der Waals surface area contributed by atoms with E-state index >= 15 is 0 Å². The zero-order valence-electron chi connectivity index (χ0n) is 6.59. The maximum Gasteiger partial charge on any atom is 0.0432 e.